The quantitative estimate of drug-likeness (QED) is 0.833. The molecule has 96 valence electrons. The number of rotatable bonds is 3. The summed E-state index contributed by atoms with van der Waals surface area (Å²) in [4.78, 5) is 0.301. The standard InChI is InChI=1S/C13H15NO3S/c1-10(2)18(15,16)12-5-3-11(4-6-12)13(7-14)8-17-9-13/h3-6,10H,8-9H2,1-2H3. The smallest absolute Gasteiger partial charge is 0.180 e. The number of hydrogen-bond acceptors (Lipinski definition) is 4. The highest BCUT2D eigenvalue weighted by molar-refractivity contribution is 7.92. The van der Waals surface area contributed by atoms with Crippen molar-refractivity contribution in [3.05, 3.63) is 29.8 Å². The zero-order chi connectivity index (χ0) is 13.4. The third-order valence-electron chi connectivity index (χ3n) is 3.27. The SMILES string of the molecule is CC(C)S(=O)(=O)c1ccc(C2(C#N)COC2)cc1. The summed E-state index contributed by atoms with van der Waals surface area (Å²) in [5, 5.41) is 8.71. The lowest BCUT2D eigenvalue weighted by Gasteiger charge is -2.35. The average molecular weight is 265 g/mol. The summed E-state index contributed by atoms with van der Waals surface area (Å²) in [5.74, 6) is 0. The Morgan fingerprint density at radius 1 is 1.28 bits per heavy atom. The number of hydrogen-bond donors (Lipinski definition) is 0. The maximum absolute atomic E-state index is 12.0. The van der Waals surface area contributed by atoms with Crippen molar-refractivity contribution in [2.45, 2.75) is 29.4 Å². The first-order chi connectivity index (χ1) is 8.42. The topological polar surface area (TPSA) is 67.2 Å². The van der Waals surface area contributed by atoms with E-state index in [1.807, 2.05) is 0 Å². The van der Waals surface area contributed by atoms with Gasteiger partial charge in [0, 0.05) is 0 Å². The third kappa shape index (κ3) is 1.92. The minimum Gasteiger partial charge on any atom is -0.377 e. The molecule has 1 aromatic rings. The fraction of sp³-hybridized carbons (Fsp3) is 0.462. The van der Waals surface area contributed by atoms with E-state index in [0.29, 0.717) is 18.1 Å². The molecule has 0 bridgehead atoms. The molecule has 5 heteroatoms. The first kappa shape index (κ1) is 13.1. The normalized spacial score (nSPS) is 18.1. The molecule has 0 unspecified atom stereocenters. The van der Waals surface area contributed by atoms with Gasteiger partial charge in [0.05, 0.1) is 29.4 Å². The van der Waals surface area contributed by atoms with Crippen LogP contribution in [0.5, 0.6) is 0 Å². The van der Waals surface area contributed by atoms with Crippen LogP contribution in [0, 0.1) is 11.3 Å². The van der Waals surface area contributed by atoms with Gasteiger partial charge in [-0.25, -0.2) is 8.42 Å². The number of benzene rings is 1. The molecule has 1 fully saturated rings. The van der Waals surface area contributed by atoms with Crippen LogP contribution >= 0.6 is 0 Å². The minimum absolute atomic E-state index is 0.301. The van der Waals surface area contributed by atoms with Gasteiger partial charge in [-0.15, -0.1) is 0 Å². The van der Waals surface area contributed by atoms with Gasteiger partial charge in [-0.1, -0.05) is 12.1 Å². The van der Waals surface area contributed by atoms with E-state index in [-0.39, 0.29) is 0 Å². The van der Waals surface area contributed by atoms with Crippen molar-refractivity contribution in [1.29, 1.82) is 5.26 Å². The Hall–Kier alpha value is -1.38. The van der Waals surface area contributed by atoms with Gasteiger partial charge in [-0.2, -0.15) is 5.26 Å². The minimum atomic E-state index is -3.25. The van der Waals surface area contributed by atoms with Crippen LogP contribution in [0.3, 0.4) is 0 Å². The fourth-order valence-electron chi connectivity index (χ4n) is 1.84. The largest absolute Gasteiger partial charge is 0.377 e. The van der Waals surface area contributed by atoms with E-state index < -0.39 is 20.5 Å². The molecule has 0 atom stereocenters. The molecule has 2 rings (SSSR count). The number of nitriles is 1. The molecule has 4 nitrogen and oxygen atoms in total. The zero-order valence-corrected chi connectivity index (χ0v) is 11.2. The van der Waals surface area contributed by atoms with Gasteiger partial charge < -0.3 is 4.74 Å². The molecule has 0 amide bonds. The molecule has 1 aromatic carbocycles. The predicted molar refractivity (Wildman–Crippen MR) is 66.9 cm³/mol. The molecule has 0 aromatic heterocycles. The Kier molecular flexibility index (Phi) is 3.18. The van der Waals surface area contributed by atoms with E-state index in [1.165, 1.54) is 0 Å². The van der Waals surface area contributed by atoms with E-state index in [9.17, 15) is 8.42 Å². The summed E-state index contributed by atoms with van der Waals surface area (Å²) in [7, 11) is -3.25. The van der Waals surface area contributed by atoms with E-state index in [0.717, 1.165) is 5.56 Å². The molecule has 1 aliphatic heterocycles. The molecule has 18 heavy (non-hydrogen) atoms. The Morgan fingerprint density at radius 3 is 2.17 bits per heavy atom. The maximum atomic E-state index is 12.0. The molecule has 0 radical (unpaired) electrons. The van der Waals surface area contributed by atoms with Crippen molar-refractivity contribution in [2.75, 3.05) is 13.2 Å². The average Bonchev–Trinajstić information content (AvgIpc) is 2.29. The number of ether oxygens (including phenoxy) is 1. The maximum Gasteiger partial charge on any atom is 0.180 e. The molecule has 0 saturated carbocycles. The van der Waals surface area contributed by atoms with E-state index in [4.69, 9.17) is 10.00 Å². The second-order valence-corrected chi connectivity index (χ2v) is 7.31. The fourth-order valence-corrected chi connectivity index (χ4v) is 2.90. The summed E-state index contributed by atoms with van der Waals surface area (Å²) >= 11 is 0. The van der Waals surface area contributed by atoms with Crippen LogP contribution in [0.15, 0.2) is 29.2 Å². The van der Waals surface area contributed by atoms with Gasteiger partial charge in [0.15, 0.2) is 9.84 Å². The second kappa shape index (κ2) is 4.38. The summed E-state index contributed by atoms with van der Waals surface area (Å²) < 4.78 is 29.0. The van der Waals surface area contributed by atoms with Crippen molar-refractivity contribution in [2.24, 2.45) is 0 Å². The molecule has 1 saturated heterocycles. The molecule has 0 aliphatic carbocycles. The van der Waals surface area contributed by atoms with Crippen LogP contribution in [0.1, 0.15) is 19.4 Å². The van der Waals surface area contributed by atoms with Gasteiger partial charge in [0.1, 0.15) is 5.41 Å². The highest BCUT2D eigenvalue weighted by atomic mass is 32.2. The van der Waals surface area contributed by atoms with Crippen molar-refractivity contribution in [3.63, 3.8) is 0 Å². The van der Waals surface area contributed by atoms with Gasteiger partial charge in [0.25, 0.3) is 0 Å². The van der Waals surface area contributed by atoms with Crippen molar-refractivity contribution in [1.82, 2.24) is 0 Å². The predicted octanol–water partition coefficient (Wildman–Crippen LogP) is 1.66. The van der Waals surface area contributed by atoms with E-state index in [2.05, 4.69) is 6.07 Å². The van der Waals surface area contributed by atoms with Gasteiger partial charge >= 0.3 is 0 Å². The van der Waals surface area contributed by atoms with Crippen LogP contribution in [0.25, 0.3) is 0 Å². The van der Waals surface area contributed by atoms with E-state index >= 15 is 0 Å². The summed E-state index contributed by atoms with van der Waals surface area (Å²) in [6.07, 6.45) is 0. The molecule has 0 spiro atoms. The van der Waals surface area contributed by atoms with Gasteiger partial charge in [-0.3, -0.25) is 0 Å². The first-order valence-corrected chi connectivity index (χ1v) is 7.30. The Morgan fingerprint density at radius 2 is 1.83 bits per heavy atom. The van der Waals surface area contributed by atoms with Crippen LogP contribution in [0.4, 0.5) is 0 Å². The Balaban J connectivity index is 2.35. The summed E-state index contributed by atoms with van der Waals surface area (Å²) in [5.41, 5.74) is 0.221. The molecule has 1 heterocycles. The van der Waals surface area contributed by atoms with Crippen LogP contribution in [0.2, 0.25) is 0 Å². The van der Waals surface area contributed by atoms with Crippen molar-refractivity contribution >= 4 is 9.84 Å². The van der Waals surface area contributed by atoms with Crippen molar-refractivity contribution < 1.29 is 13.2 Å². The van der Waals surface area contributed by atoms with Crippen LogP contribution < -0.4 is 0 Å². The first-order valence-electron chi connectivity index (χ1n) is 5.76. The molecular weight excluding hydrogens is 250 g/mol. The Labute approximate surface area is 107 Å². The lowest BCUT2D eigenvalue weighted by atomic mass is 9.80. The number of sulfone groups is 1. The summed E-state index contributed by atoms with van der Waals surface area (Å²) in [6, 6.07) is 8.80. The lowest BCUT2D eigenvalue weighted by molar-refractivity contribution is -0.0298. The third-order valence-corrected chi connectivity index (χ3v) is 5.44. The lowest BCUT2D eigenvalue weighted by Crippen LogP contribution is -2.45. The molecular formula is C13H15NO3S. The highest BCUT2D eigenvalue weighted by Gasteiger charge is 2.40. The van der Waals surface area contributed by atoms with Gasteiger partial charge in [-0.05, 0) is 31.5 Å². The second-order valence-electron chi connectivity index (χ2n) is 4.80. The molecule has 1 aliphatic rings. The zero-order valence-electron chi connectivity index (χ0n) is 10.4. The van der Waals surface area contributed by atoms with Gasteiger partial charge in [0.2, 0.25) is 0 Å². The molecule has 0 N–H and O–H groups in total. The monoisotopic (exact) mass is 265 g/mol. The van der Waals surface area contributed by atoms with Crippen LogP contribution in [-0.4, -0.2) is 26.9 Å². The van der Waals surface area contributed by atoms with Crippen molar-refractivity contribution in [3.8, 4) is 6.07 Å². The summed E-state index contributed by atoms with van der Waals surface area (Å²) in [6.45, 7) is 4.05. The Bertz CT molecular complexity index is 578. The number of nitrogens with zero attached hydrogens (tertiary/aromatic N) is 1. The highest BCUT2D eigenvalue weighted by Crippen LogP contribution is 2.32. The van der Waals surface area contributed by atoms with E-state index in [1.54, 1.807) is 38.1 Å². The van der Waals surface area contributed by atoms with Crippen LogP contribution in [-0.2, 0) is 20.0 Å².